The summed E-state index contributed by atoms with van der Waals surface area (Å²) in [4.78, 5) is 9.77. The zero-order valence-electron chi connectivity index (χ0n) is 10.9. The Kier molecular flexibility index (Phi) is 3.35. The Bertz CT molecular complexity index is 583. The fraction of sp³-hybridized carbons (Fsp3) is 0.500. The molecule has 1 aromatic carbocycles. The summed E-state index contributed by atoms with van der Waals surface area (Å²) < 4.78 is 13.2. The molecule has 3 nitrogen and oxygen atoms in total. The number of alkyl halides is 1. The van der Waals surface area contributed by atoms with Gasteiger partial charge in [0.05, 0.1) is 16.4 Å². The Morgan fingerprint density at radius 2 is 2.16 bits per heavy atom. The summed E-state index contributed by atoms with van der Waals surface area (Å²) in [5.74, 6) is 0.511. The Morgan fingerprint density at radius 3 is 2.95 bits per heavy atom. The number of fused-ring (bicyclic) bond motifs is 1. The van der Waals surface area contributed by atoms with Crippen LogP contribution in [0.2, 0.25) is 0 Å². The summed E-state index contributed by atoms with van der Waals surface area (Å²) in [6, 6.07) is 4.88. The highest BCUT2D eigenvalue weighted by atomic mass is 35.5. The van der Waals surface area contributed by atoms with E-state index in [9.17, 15) is 4.39 Å². The van der Waals surface area contributed by atoms with E-state index in [2.05, 4.69) is 14.9 Å². The second-order valence-electron chi connectivity index (χ2n) is 5.20. The van der Waals surface area contributed by atoms with Gasteiger partial charge in [-0.25, -0.2) is 9.37 Å². The van der Waals surface area contributed by atoms with Gasteiger partial charge >= 0.3 is 0 Å². The smallest absolute Gasteiger partial charge is 0.203 e. The van der Waals surface area contributed by atoms with E-state index in [0.29, 0.717) is 6.04 Å². The van der Waals surface area contributed by atoms with E-state index in [4.69, 9.17) is 11.6 Å². The predicted octanol–water partition coefficient (Wildman–Crippen LogP) is 3.69. The molecule has 1 aliphatic carbocycles. The molecule has 0 saturated heterocycles. The molecular formula is C14H17ClFN3. The first-order chi connectivity index (χ1) is 9.15. The number of hydrogen-bond acceptors (Lipinski definition) is 2. The van der Waals surface area contributed by atoms with Crippen LogP contribution in [0.25, 0.3) is 11.0 Å². The lowest BCUT2D eigenvalue weighted by molar-refractivity contribution is 0.431. The Labute approximate surface area is 116 Å². The minimum atomic E-state index is -0.252. The number of aromatic amines is 1. The van der Waals surface area contributed by atoms with E-state index in [0.717, 1.165) is 29.8 Å². The molecule has 3 rings (SSSR count). The summed E-state index contributed by atoms with van der Waals surface area (Å²) in [6.45, 7) is 0. The fourth-order valence-corrected chi connectivity index (χ4v) is 3.24. The monoisotopic (exact) mass is 281 g/mol. The van der Waals surface area contributed by atoms with Crippen molar-refractivity contribution in [1.82, 2.24) is 9.97 Å². The molecule has 1 saturated carbocycles. The standard InChI is InChI=1S/C14H17ClFN3/c1-19(13-5-3-2-4-10(13)15)14-17-11-7-6-9(16)8-12(11)18-14/h6-8,10,13H,2-5H2,1H3,(H,17,18). The molecule has 19 heavy (non-hydrogen) atoms. The highest BCUT2D eigenvalue weighted by Crippen LogP contribution is 2.29. The number of hydrogen-bond donors (Lipinski definition) is 1. The van der Waals surface area contributed by atoms with E-state index in [-0.39, 0.29) is 11.2 Å². The second-order valence-corrected chi connectivity index (χ2v) is 5.76. The third kappa shape index (κ3) is 2.41. The van der Waals surface area contributed by atoms with Crippen molar-refractivity contribution in [2.75, 3.05) is 11.9 Å². The van der Waals surface area contributed by atoms with Crippen LogP contribution >= 0.6 is 11.6 Å². The van der Waals surface area contributed by atoms with Crippen molar-refractivity contribution in [3.63, 3.8) is 0 Å². The third-order valence-electron chi connectivity index (χ3n) is 3.91. The minimum Gasteiger partial charge on any atom is -0.341 e. The number of halogens is 2. The van der Waals surface area contributed by atoms with Crippen LogP contribution in [-0.4, -0.2) is 28.4 Å². The zero-order valence-corrected chi connectivity index (χ0v) is 11.6. The van der Waals surface area contributed by atoms with E-state index in [1.165, 1.54) is 25.0 Å². The number of benzene rings is 1. The fourth-order valence-electron chi connectivity index (χ4n) is 2.79. The molecule has 0 spiro atoms. The van der Waals surface area contributed by atoms with Gasteiger partial charge in [-0.05, 0) is 31.0 Å². The van der Waals surface area contributed by atoms with Crippen LogP contribution in [0.5, 0.6) is 0 Å². The number of nitrogens with one attached hydrogen (secondary N) is 1. The maximum absolute atomic E-state index is 13.2. The van der Waals surface area contributed by atoms with E-state index in [1.807, 2.05) is 7.05 Å². The van der Waals surface area contributed by atoms with Gasteiger partial charge in [0.1, 0.15) is 5.82 Å². The average molecular weight is 282 g/mol. The lowest BCUT2D eigenvalue weighted by atomic mass is 9.94. The third-order valence-corrected chi connectivity index (χ3v) is 4.42. The Balaban J connectivity index is 1.90. The largest absolute Gasteiger partial charge is 0.341 e. The number of imidazole rings is 1. The van der Waals surface area contributed by atoms with Crippen LogP contribution < -0.4 is 4.90 Å². The summed E-state index contributed by atoms with van der Waals surface area (Å²) in [7, 11) is 2.00. The number of H-pyrrole nitrogens is 1. The van der Waals surface area contributed by atoms with Crippen molar-refractivity contribution in [3.8, 4) is 0 Å². The van der Waals surface area contributed by atoms with Crippen molar-refractivity contribution in [3.05, 3.63) is 24.0 Å². The summed E-state index contributed by atoms with van der Waals surface area (Å²) in [6.07, 6.45) is 4.53. The number of rotatable bonds is 2. The highest BCUT2D eigenvalue weighted by Gasteiger charge is 2.28. The van der Waals surface area contributed by atoms with E-state index in [1.54, 1.807) is 6.07 Å². The molecule has 2 aromatic rings. The van der Waals surface area contributed by atoms with Gasteiger partial charge in [-0.2, -0.15) is 0 Å². The van der Waals surface area contributed by atoms with Crippen LogP contribution in [0, 0.1) is 5.82 Å². The van der Waals surface area contributed by atoms with E-state index < -0.39 is 0 Å². The van der Waals surface area contributed by atoms with Crippen LogP contribution in [0.4, 0.5) is 10.3 Å². The lowest BCUT2D eigenvalue weighted by Crippen LogP contribution is -2.41. The van der Waals surface area contributed by atoms with Gasteiger partial charge in [-0.1, -0.05) is 12.8 Å². The number of anilines is 1. The molecule has 0 aliphatic heterocycles. The minimum absolute atomic E-state index is 0.156. The van der Waals surface area contributed by atoms with Gasteiger partial charge in [0.25, 0.3) is 0 Å². The van der Waals surface area contributed by atoms with Gasteiger partial charge in [-0.3, -0.25) is 0 Å². The van der Waals surface area contributed by atoms with Gasteiger partial charge in [0.2, 0.25) is 5.95 Å². The predicted molar refractivity (Wildman–Crippen MR) is 76.4 cm³/mol. The van der Waals surface area contributed by atoms with E-state index >= 15 is 0 Å². The normalized spacial score (nSPS) is 23.7. The quantitative estimate of drug-likeness (QED) is 0.852. The summed E-state index contributed by atoms with van der Waals surface area (Å²) in [5.41, 5.74) is 1.51. The molecule has 102 valence electrons. The zero-order chi connectivity index (χ0) is 13.4. The van der Waals surface area contributed by atoms with Crippen LogP contribution in [0.15, 0.2) is 18.2 Å². The molecule has 2 unspecified atom stereocenters. The van der Waals surface area contributed by atoms with Gasteiger partial charge in [0.15, 0.2) is 0 Å². The Morgan fingerprint density at radius 1 is 1.37 bits per heavy atom. The first-order valence-electron chi connectivity index (χ1n) is 6.67. The topological polar surface area (TPSA) is 31.9 Å². The maximum atomic E-state index is 13.2. The van der Waals surface area contributed by atoms with Crippen LogP contribution in [-0.2, 0) is 0 Å². The van der Waals surface area contributed by atoms with Crippen molar-refractivity contribution in [2.45, 2.75) is 37.1 Å². The molecule has 0 amide bonds. The van der Waals surface area contributed by atoms with Crippen LogP contribution in [0.1, 0.15) is 25.7 Å². The van der Waals surface area contributed by atoms with Crippen molar-refractivity contribution >= 4 is 28.6 Å². The molecule has 1 N–H and O–H groups in total. The highest BCUT2D eigenvalue weighted by molar-refractivity contribution is 6.21. The Hall–Kier alpha value is -1.29. The molecular weight excluding hydrogens is 265 g/mol. The molecule has 1 aliphatic rings. The van der Waals surface area contributed by atoms with Gasteiger partial charge in [-0.15, -0.1) is 11.6 Å². The second kappa shape index (κ2) is 5.00. The maximum Gasteiger partial charge on any atom is 0.203 e. The molecule has 1 fully saturated rings. The van der Waals surface area contributed by atoms with Crippen molar-refractivity contribution in [2.24, 2.45) is 0 Å². The molecule has 5 heteroatoms. The van der Waals surface area contributed by atoms with Crippen LogP contribution in [0.3, 0.4) is 0 Å². The molecule has 1 heterocycles. The van der Waals surface area contributed by atoms with Crippen molar-refractivity contribution in [1.29, 1.82) is 0 Å². The SMILES string of the molecule is CN(c1nc2ccc(F)cc2[nH]1)C1CCCCC1Cl. The molecule has 0 radical (unpaired) electrons. The number of nitrogens with zero attached hydrogens (tertiary/aromatic N) is 2. The average Bonchev–Trinajstić information content (AvgIpc) is 2.81. The van der Waals surface area contributed by atoms with Gasteiger partial charge in [0, 0.05) is 13.1 Å². The molecule has 1 aromatic heterocycles. The first-order valence-corrected chi connectivity index (χ1v) is 7.11. The number of aromatic nitrogens is 2. The molecule has 2 atom stereocenters. The summed E-state index contributed by atoms with van der Waals surface area (Å²) in [5, 5.41) is 0.156. The van der Waals surface area contributed by atoms with Gasteiger partial charge < -0.3 is 9.88 Å². The lowest BCUT2D eigenvalue weighted by Gasteiger charge is -2.34. The van der Waals surface area contributed by atoms with Crippen molar-refractivity contribution < 1.29 is 4.39 Å². The summed E-state index contributed by atoms with van der Waals surface area (Å²) >= 11 is 6.41. The molecule has 0 bridgehead atoms. The first kappa shape index (κ1) is 12.7.